The van der Waals surface area contributed by atoms with Gasteiger partial charge in [-0.05, 0) is 55.8 Å². The van der Waals surface area contributed by atoms with E-state index in [-0.39, 0.29) is 16.7 Å². The molecule has 0 radical (unpaired) electrons. The molecule has 1 N–H and O–H groups in total. The number of halogens is 2. The predicted octanol–water partition coefficient (Wildman–Crippen LogP) is 4.87. The van der Waals surface area contributed by atoms with Crippen LogP contribution in [-0.2, 0) is 21.4 Å². The largest absolute Gasteiger partial charge is 0.326 e. The van der Waals surface area contributed by atoms with Gasteiger partial charge in [-0.15, -0.1) is 0 Å². The van der Waals surface area contributed by atoms with Crippen molar-refractivity contribution < 1.29 is 13.2 Å². The standard InChI is InChI=1S/C23H29Cl2N3O3S/c1-3-28(4-2)32(30,31)19-12-10-18(11-13-19)26-23(29)17-7-6-14-27(15-17)16-20-21(24)8-5-9-22(20)25/h5,8-13,17H,3-4,6-7,14-16H2,1-2H3,(H,26,29). The number of piperidine rings is 1. The Kier molecular flexibility index (Phi) is 8.58. The van der Waals surface area contributed by atoms with Gasteiger partial charge >= 0.3 is 0 Å². The van der Waals surface area contributed by atoms with E-state index in [2.05, 4.69) is 10.2 Å². The summed E-state index contributed by atoms with van der Waals surface area (Å²) in [6, 6.07) is 11.8. The number of hydrogen-bond donors (Lipinski definition) is 1. The number of sulfonamides is 1. The van der Waals surface area contributed by atoms with Crippen molar-refractivity contribution in [2.75, 3.05) is 31.5 Å². The lowest BCUT2D eigenvalue weighted by molar-refractivity contribution is -0.121. The summed E-state index contributed by atoms with van der Waals surface area (Å²) >= 11 is 12.6. The number of hydrogen-bond acceptors (Lipinski definition) is 4. The molecule has 6 nitrogen and oxygen atoms in total. The first-order chi connectivity index (χ1) is 15.3. The summed E-state index contributed by atoms with van der Waals surface area (Å²) in [5, 5.41) is 4.19. The van der Waals surface area contributed by atoms with E-state index < -0.39 is 10.0 Å². The smallest absolute Gasteiger partial charge is 0.243 e. The Labute approximate surface area is 200 Å². The van der Waals surface area contributed by atoms with E-state index in [1.165, 1.54) is 16.4 Å². The molecule has 1 heterocycles. The number of amides is 1. The molecule has 1 aliphatic heterocycles. The topological polar surface area (TPSA) is 69.7 Å². The summed E-state index contributed by atoms with van der Waals surface area (Å²) in [5.74, 6) is -0.233. The Morgan fingerprint density at radius 1 is 1.09 bits per heavy atom. The number of carbonyl (C=O) groups is 1. The highest BCUT2D eigenvalue weighted by atomic mass is 35.5. The van der Waals surface area contributed by atoms with Crippen LogP contribution in [0.5, 0.6) is 0 Å². The van der Waals surface area contributed by atoms with Crippen molar-refractivity contribution in [2.45, 2.75) is 38.1 Å². The summed E-state index contributed by atoms with van der Waals surface area (Å²) in [6.07, 6.45) is 1.70. The molecule has 2 aromatic carbocycles. The molecule has 1 atom stereocenters. The summed E-state index contributed by atoms with van der Waals surface area (Å²) in [4.78, 5) is 15.3. The first-order valence-electron chi connectivity index (χ1n) is 10.8. The highest BCUT2D eigenvalue weighted by Crippen LogP contribution is 2.28. The van der Waals surface area contributed by atoms with E-state index in [9.17, 15) is 13.2 Å². The van der Waals surface area contributed by atoms with Crippen molar-refractivity contribution in [3.8, 4) is 0 Å². The maximum atomic E-state index is 12.9. The first-order valence-corrected chi connectivity index (χ1v) is 13.0. The lowest BCUT2D eigenvalue weighted by Gasteiger charge is -2.32. The van der Waals surface area contributed by atoms with Crippen LogP contribution in [0, 0.1) is 5.92 Å². The van der Waals surface area contributed by atoms with E-state index in [4.69, 9.17) is 23.2 Å². The lowest BCUT2D eigenvalue weighted by atomic mass is 9.96. The van der Waals surface area contributed by atoms with Gasteiger partial charge in [-0.3, -0.25) is 9.69 Å². The molecule has 2 aromatic rings. The van der Waals surface area contributed by atoms with Gasteiger partial charge in [0.1, 0.15) is 0 Å². The highest BCUT2D eigenvalue weighted by Gasteiger charge is 2.27. The summed E-state index contributed by atoms with van der Waals surface area (Å²) in [7, 11) is -3.52. The van der Waals surface area contributed by atoms with Crippen LogP contribution in [0.3, 0.4) is 0 Å². The van der Waals surface area contributed by atoms with Gasteiger partial charge in [-0.2, -0.15) is 4.31 Å². The average molecular weight is 498 g/mol. The number of carbonyl (C=O) groups excluding carboxylic acids is 1. The zero-order chi connectivity index (χ0) is 23.3. The molecule has 174 valence electrons. The zero-order valence-corrected chi connectivity index (χ0v) is 20.7. The number of anilines is 1. The Morgan fingerprint density at radius 3 is 2.31 bits per heavy atom. The van der Waals surface area contributed by atoms with Crippen LogP contribution in [0.15, 0.2) is 47.4 Å². The fourth-order valence-corrected chi connectivity index (χ4v) is 5.96. The fourth-order valence-electron chi connectivity index (χ4n) is 3.99. The molecule has 9 heteroatoms. The first kappa shape index (κ1) is 25.0. The van der Waals surface area contributed by atoms with Gasteiger partial charge in [0.05, 0.1) is 10.8 Å². The Morgan fingerprint density at radius 2 is 1.72 bits per heavy atom. The van der Waals surface area contributed by atoms with Crippen molar-refractivity contribution >= 4 is 44.8 Å². The molecule has 1 fully saturated rings. The van der Waals surface area contributed by atoms with Gasteiger partial charge in [0.15, 0.2) is 0 Å². The number of nitrogens with zero attached hydrogens (tertiary/aromatic N) is 2. The Bertz CT molecular complexity index is 1020. The molecule has 1 amide bonds. The molecule has 0 aliphatic carbocycles. The highest BCUT2D eigenvalue weighted by molar-refractivity contribution is 7.89. The van der Waals surface area contributed by atoms with Crippen molar-refractivity contribution in [1.82, 2.24) is 9.21 Å². The third-order valence-electron chi connectivity index (χ3n) is 5.78. The molecule has 1 aliphatic rings. The molecule has 1 saturated heterocycles. The van der Waals surface area contributed by atoms with E-state index in [0.717, 1.165) is 24.9 Å². The second-order valence-electron chi connectivity index (χ2n) is 7.88. The minimum absolute atomic E-state index is 0.0701. The van der Waals surface area contributed by atoms with Crippen molar-refractivity contribution in [2.24, 2.45) is 5.92 Å². The van der Waals surface area contributed by atoms with Crippen LogP contribution >= 0.6 is 23.2 Å². The third-order valence-corrected chi connectivity index (χ3v) is 8.56. The minimum atomic E-state index is -3.52. The van der Waals surface area contributed by atoms with E-state index in [0.29, 0.717) is 41.9 Å². The van der Waals surface area contributed by atoms with Gasteiger partial charge in [-0.25, -0.2) is 8.42 Å². The molecule has 1 unspecified atom stereocenters. The normalized spacial score (nSPS) is 17.5. The summed E-state index contributed by atoms with van der Waals surface area (Å²) in [6.45, 7) is 6.53. The maximum absolute atomic E-state index is 12.9. The Balaban J connectivity index is 1.63. The van der Waals surface area contributed by atoms with Crippen LogP contribution in [0.2, 0.25) is 10.0 Å². The quantitative estimate of drug-likeness (QED) is 0.564. The van der Waals surface area contributed by atoms with Gasteiger partial charge in [0.25, 0.3) is 0 Å². The molecular weight excluding hydrogens is 469 g/mol. The van der Waals surface area contributed by atoms with Crippen molar-refractivity contribution in [3.05, 3.63) is 58.1 Å². The van der Waals surface area contributed by atoms with E-state index >= 15 is 0 Å². The molecule has 0 spiro atoms. The Hall–Kier alpha value is -1.64. The number of benzene rings is 2. The van der Waals surface area contributed by atoms with Crippen molar-refractivity contribution in [3.63, 3.8) is 0 Å². The van der Waals surface area contributed by atoms with E-state index in [1.807, 2.05) is 32.0 Å². The summed E-state index contributed by atoms with van der Waals surface area (Å²) in [5.41, 5.74) is 1.46. The fraction of sp³-hybridized carbons (Fsp3) is 0.435. The third kappa shape index (κ3) is 5.83. The van der Waals surface area contributed by atoms with Crippen LogP contribution < -0.4 is 5.32 Å². The number of rotatable bonds is 8. The number of nitrogens with one attached hydrogen (secondary N) is 1. The molecule has 3 rings (SSSR count). The van der Waals surface area contributed by atoms with Crippen LogP contribution in [0.1, 0.15) is 32.3 Å². The molecule has 32 heavy (non-hydrogen) atoms. The van der Waals surface area contributed by atoms with Gasteiger partial charge in [0, 0.05) is 47.5 Å². The van der Waals surface area contributed by atoms with E-state index in [1.54, 1.807) is 12.1 Å². The number of likely N-dealkylation sites (tertiary alicyclic amines) is 1. The molecule has 0 bridgehead atoms. The van der Waals surface area contributed by atoms with Gasteiger partial charge in [0.2, 0.25) is 15.9 Å². The monoisotopic (exact) mass is 497 g/mol. The van der Waals surface area contributed by atoms with Gasteiger partial charge in [-0.1, -0.05) is 43.1 Å². The zero-order valence-electron chi connectivity index (χ0n) is 18.4. The molecular formula is C23H29Cl2N3O3S. The second-order valence-corrected chi connectivity index (χ2v) is 10.6. The molecule has 0 aromatic heterocycles. The second kappa shape index (κ2) is 11.0. The minimum Gasteiger partial charge on any atom is -0.326 e. The maximum Gasteiger partial charge on any atom is 0.243 e. The SMILES string of the molecule is CCN(CC)S(=O)(=O)c1ccc(NC(=O)C2CCCN(Cc3c(Cl)cccc3Cl)C2)cc1. The van der Waals surface area contributed by atoms with Crippen LogP contribution in [0.4, 0.5) is 5.69 Å². The summed E-state index contributed by atoms with van der Waals surface area (Å²) < 4.78 is 26.7. The van der Waals surface area contributed by atoms with Crippen molar-refractivity contribution in [1.29, 1.82) is 0 Å². The van der Waals surface area contributed by atoms with Crippen LogP contribution in [0.25, 0.3) is 0 Å². The van der Waals surface area contributed by atoms with Gasteiger partial charge < -0.3 is 5.32 Å². The lowest BCUT2D eigenvalue weighted by Crippen LogP contribution is -2.40. The molecule has 0 saturated carbocycles. The van der Waals surface area contributed by atoms with Crippen LogP contribution in [-0.4, -0.2) is 49.7 Å². The average Bonchev–Trinajstić information content (AvgIpc) is 2.77. The predicted molar refractivity (Wildman–Crippen MR) is 130 cm³/mol.